The maximum absolute atomic E-state index is 5.87. The lowest BCUT2D eigenvalue weighted by Crippen LogP contribution is -2.22. The van der Waals surface area contributed by atoms with E-state index in [9.17, 15) is 0 Å². The molecule has 0 atom stereocenters. The van der Waals surface area contributed by atoms with Crippen LogP contribution in [-0.2, 0) is 12.8 Å². The highest BCUT2D eigenvalue weighted by Gasteiger charge is 2.07. The van der Waals surface area contributed by atoms with E-state index in [0.717, 1.165) is 37.5 Å². The number of hydrogen-bond donors (Lipinski definition) is 0. The third-order valence-corrected chi connectivity index (χ3v) is 5.08. The molecule has 1 heteroatoms. The number of furan rings is 1. The molecule has 0 saturated heterocycles. The number of hydrogen-bond acceptors (Lipinski definition) is 1. The van der Waals surface area contributed by atoms with Gasteiger partial charge in [0.1, 0.15) is 5.42 Å². The molecule has 0 fully saturated rings. The summed E-state index contributed by atoms with van der Waals surface area (Å²) in [4.78, 5) is 0. The zero-order valence-electron chi connectivity index (χ0n) is 15.7. The molecule has 1 aromatic carbocycles. The van der Waals surface area contributed by atoms with Gasteiger partial charge in [-0.2, -0.15) is 0 Å². The standard InChI is InChI=1S/C24H28O/c1-5-17(2)14-22-16-25-24-15-20(7-6-8-23(22)24)10-12-21-11-9-18(3)13-19(21)4/h7-9,11,13,15-16H,2,5-6,10,12,14H2,1,3-4H3. The van der Waals surface area contributed by atoms with Crippen LogP contribution in [0.2, 0.25) is 0 Å². The Kier molecular flexibility index (Phi) is 5.43. The van der Waals surface area contributed by atoms with Gasteiger partial charge in [-0.15, -0.1) is 0 Å². The van der Waals surface area contributed by atoms with Crippen molar-refractivity contribution in [2.75, 3.05) is 0 Å². The predicted octanol–water partition coefficient (Wildman–Crippen LogP) is 4.93. The Morgan fingerprint density at radius 2 is 1.96 bits per heavy atom. The Morgan fingerprint density at radius 1 is 1.12 bits per heavy atom. The molecule has 0 N–H and O–H groups in total. The lowest BCUT2D eigenvalue weighted by molar-refractivity contribution is 0.529. The predicted molar refractivity (Wildman–Crippen MR) is 107 cm³/mol. The van der Waals surface area contributed by atoms with Crippen molar-refractivity contribution in [2.24, 2.45) is 0 Å². The maximum Gasteiger partial charge on any atom is 0.134 e. The van der Waals surface area contributed by atoms with E-state index >= 15 is 0 Å². The molecule has 0 amide bonds. The first-order valence-electron chi connectivity index (χ1n) is 9.27. The van der Waals surface area contributed by atoms with E-state index in [2.05, 4.69) is 63.8 Å². The lowest BCUT2D eigenvalue weighted by atomic mass is 9.98. The molecular formula is C24H28O. The fourth-order valence-corrected chi connectivity index (χ4v) is 3.43. The summed E-state index contributed by atoms with van der Waals surface area (Å²) in [7, 11) is 0. The first-order chi connectivity index (χ1) is 12.1. The maximum atomic E-state index is 5.87. The summed E-state index contributed by atoms with van der Waals surface area (Å²) >= 11 is 0. The van der Waals surface area contributed by atoms with Gasteiger partial charge in [-0.25, -0.2) is 0 Å². The molecule has 2 aromatic rings. The Hall–Kier alpha value is -2.28. The van der Waals surface area contributed by atoms with Crippen LogP contribution >= 0.6 is 0 Å². The molecule has 0 radical (unpaired) electrons. The van der Waals surface area contributed by atoms with Gasteiger partial charge in [0, 0.05) is 10.8 Å². The lowest BCUT2D eigenvalue weighted by Gasteiger charge is -2.07. The third-order valence-electron chi connectivity index (χ3n) is 5.08. The van der Waals surface area contributed by atoms with Crippen molar-refractivity contribution < 1.29 is 4.42 Å². The molecule has 1 nitrogen and oxygen atoms in total. The van der Waals surface area contributed by atoms with Gasteiger partial charge >= 0.3 is 0 Å². The highest BCUT2D eigenvalue weighted by Crippen LogP contribution is 2.17. The van der Waals surface area contributed by atoms with Gasteiger partial charge < -0.3 is 4.42 Å². The van der Waals surface area contributed by atoms with E-state index in [1.54, 1.807) is 0 Å². The summed E-state index contributed by atoms with van der Waals surface area (Å²) in [6.07, 6.45) is 13.8. The molecule has 1 aliphatic rings. The number of benzene rings is 1. The third kappa shape index (κ3) is 4.22. The first-order valence-corrected chi connectivity index (χ1v) is 9.27. The van der Waals surface area contributed by atoms with Crippen molar-refractivity contribution in [1.82, 2.24) is 0 Å². The molecule has 0 spiro atoms. The van der Waals surface area contributed by atoms with Gasteiger partial charge in [-0.05, 0) is 68.7 Å². The van der Waals surface area contributed by atoms with Crippen molar-refractivity contribution in [3.63, 3.8) is 0 Å². The Balaban J connectivity index is 1.77. The van der Waals surface area contributed by atoms with Gasteiger partial charge in [0.25, 0.3) is 0 Å². The second kappa shape index (κ2) is 7.74. The molecule has 25 heavy (non-hydrogen) atoms. The fraction of sp³-hybridized carbons (Fsp3) is 0.333. The zero-order valence-corrected chi connectivity index (χ0v) is 15.7. The number of rotatable bonds is 6. The van der Waals surface area contributed by atoms with Crippen LogP contribution in [0, 0.1) is 13.8 Å². The molecule has 3 rings (SSSR count). The first kappa shape index (κ1) is 17.5. The molecule has 1 aromatic heterocycles. The number of fused-ring (bicyclic) bond motifs is 1. The van der Waals surface area contributed by atoms with E-state index in [-0.39, 0.29) is 0 Å². The van der Waals surface area contributed by atoms with Crippen molar-refractivity contribution in [1.29, 1.82) is 0 Å². The van der Waals surface area contributed by atoms with Crippen molar-refractivity contribution >= 4 is 12.2 Å². The van der Waals surface area contributed by atoms with Gasteiger partial charge in [-0.3, -0.25) is 0 Å². The molecule has 0 saturated carbocycles. The van der Waals surface area contributed by atoms with E-state index in [1.807, 2.05) is 6.26 Å². The minimum Gasteiger partial charge on any atom is -0.464 e. The summed E-state index contributed by atoms with van der Waals surface area (Å²) in [6.45, 7) is 10.6. The summed E-state index contributed by atoms with van der Waals surface area (Å²) < 4.78 is 5.87. The Labute approximate surface area is 151 Å². The average molecular weight is 332 g/mol. The molecular weight excluding hydrogens is 304 g/mol. The van der Waals surface area contributed by atoms with Crippen LogP contribution in [0.15, 0.2) is 52.7 Å². The Morgan fingerprint density at radius 3 is 2.72 bits per heavy atom. The van der Waals surface area contributed by atoms with Crippen molar-refractivity contribution in [2.45, 2.75) is 52.9 Å². The van der Waals surface area contributed by atoms with E-state index in [1.165, 1.54) is 38.6 Å². The molecule has 1 aliphatic carbocycles. The minimum atomic E-state index is 0.914. The Bertz CT molecular complexity index is 921. The fourth-order valence-electron chi connectivity index (χ4n) is 3.43. The smallest absolute Gasteiger partial charge is 0.134 e. The summed E-state index contributed by atoms with van der Waals surface area (Å²) in [5, 5.41) is 1.26. The average Bonchev–Trinajstić information content (AvgIpc) is 2.83. The van der Waals surface area contributed by atoms with Crippen molar-refractivity contribution in [3.05, 3.63) is 81.2 Å². The molecule has 1 heterocycles. The van der Waals surface area contributed by atoms with Crippen LogP contribution < -0.4 is 10.6 Å². The van der Waals surface area contributed by atoms with Crippen LogP contribution in [0.3, 0.4) is 0 Å². The SMILES string of the molecule is C=C(CC)Cc1coc2c1=CCC=C(CCc1ccc(C)cc1C)C=2. The molecule has 0 bridgehead atoms. The summed E-state index contributed by atoms with van der Waals surface area (Å²) in [5.41, 5.74) is 9.05. The molecule has 130 valence electrons. The highest BCUT2D eigenvalue weighted by molar-refractivity contribution is 5.51. The monoisotopic (exact) mass is 332 g/mol. The second-order valence-corrected chi connectivity index (χ2v) is 7.11. The van der Waals surface area contributed by atoms with Gasteiger partial charge in [-0.1, -0.05) is 55.0 Å². The van der Waals surface area contributed by atoms with E-state index in [0.29, 0.717) is 0 Å². The van der Waals surface area contributed by atoms with Gasteiger partial charge in [0.15, 0.2) is 0 Å². The largest absolute Gasteiger partial charge is 0.464 e. The van der Waals surface area contributed by atoms with Crippen LogP contribution in [-0.4, -0.2) is 0 Å². The number of aryl methyl sites for hydroxylation is 3. The highest BCUT2D eigenvalue weighted by atomic mass is 16.3. The molecule has 0 aliphatic heterocycles. The van der Waals surface area contributed by atoms with Crippen LogP contribution in [0.1, 0.15) is 48.4 Å². The minimum absolute atomic E-state index is 0.914. The number of allylic oxidation sites excluding steroid dienone is 3. The topological polar surface area (TPSA) is 13.1 Å². The normalized spacial score (nSPS) is 13.3. The van der Waals surface area contributed by atoms with Crippen molar-refractivity contribution in [3.8, 4) is 0 Å². The summed E-state index contributed by atoms with van der Waals surface area (Å²) in [5.74, 6) is 0. The second-order valence-electron chi connectivity index (χ2n) is 7.11. The van der Waals surface area contributed by atoms with Gasteiger partial charge in [0.05, 0.1) is 6.26 Å². The van der Waals surface area contributed by atoms with Crippen LogP contribution in [0.25, 0.3) is 12.2 Å². The molecule has 0 unspecified atom stereocenters. The van der Waals surface area contributed by atoms with E-state index in [4.69, 9.17) is 4.42 Å². The van der Waals surface area contributed by atoms with Crippen LogP contribution in [0.5, 0.6) is 0 Å². The summed E-state index contributed by atoms with van der Waals surface area (Å²) in [6, 6.07) is 6.74. The zero-order chi connectivity index (χ0) is 17.8. The quantitative estimate of drug-likeness (QED) is 0.684. The van der Waals surface area contributed by atoms with E-state index < -0.39 is 0 Å². The van der Waals surface area contributed by atoms with Crippen LogP contribution in [0.4, 0.5) is 0 Å². The van der Waals surface area contributed by atoms with Gasteiger partial charge in [0.2, 0.25) is 0 Å².